The predicted octanol–water partition coefficient (Wildman–Crippen LogP) is 3.70. The molecule has 3 rings (SSSR count). The van der Waals surface area contributed by atoms with Gasteiger partial charge >= 0.3 is 0 Å². The Morgan fingerprint density at radius 1 is 1.21 bits per heavy atom. The summed E-state index contributed by atoms with van der Waals surface area (Å²) in [6.45, 7) is 1.72. The van der Waals surface area contributed by atoms with Gasteiger partial charge in [0.05, 0.1) is 21.3 Å². The SMILES string of the molecule is Cc1c(/C=C/N(C)C)c([N+](=O)[O-])cc2c(=O)c3ccccc3oc12. The van der Waals surface area contributed by atoms with E-state index in [4.69, 9.17) is 4.42 Å². The topological polar surface area (TPSA) is 76.6 Å². The van der Waals surface area contributed by atoms with E-state index in [-0.39, 0.29) is 16.5 Å². The number of para-hydroxylation sites is 1. The van der Waals surface area contributed by atoms with Crippen molar-refractivity contribution in [3.63, 3.8) is 0 Å². The largest absolute Gasteiger partial charge is 0.456 e. The summed E-state index contributed by atoms with van der Waals surface area (Å²) in [5, 5.41) is 12.1. The Hall–Kier alpha value is -3.15. The van der Waals surface area contributed by atoms with Crippen molar-refractivity contribution in [2.75, 3.05) is 14.1 Å². The van der Waals surface area contributed by atoms with Gasteiger partial charge in [0.2, 0.25) is 5.43 Å². The molecule has 0 bridgehead atoms. The summed E-state index contributed by atoms with van der Waals surface area (Å²) in [5.41, 5.74) is 1.47. The van der Waals surface area contributed by atoms with Gasteiger partial charge in [0.1, 0.15) is 11.2 Å². The van der Waals surface area contributed by atoms with E-state index in [1.54, 1.807) is 48.4 Å². The first-order valence-electron chi connectivity index (χ1n) is 7.38. The summed E-state index contributed by atoms with van der Waals surface area (Å²) in [7, 11) is 3.65. The molecule has 0 aliphatic carbocycles. The molecule has 0 saturated heterocycles. The third-order valence-corrected chi connectivity index (χ3v) is 3.87. The number of hydrogen-bond donors (Lipinski definition) is 0. The van der Waals surface area contributed by atoms with Gasteiger partial charge in [-0.3, -0.25) is 14.9 Å². The molecule has 1 heterocycles. The van der Waals surface area contributed by atoms with Crippen LogP contribution < -0.4 is 5.43 Å². The van der Waals surface area contributed by atoms with E-state index < -0.39 is 4.92 Å². The molecule has 0 amide bonds. The Morgan fingerprint density at radius 3 is 2.58 bits per heavy atom. The molecule has 3 aromatic rings. The van der Waals surface area contributed by atoms with E-state index in [2.05, 4.69) is 0 Å². The fraction of sp³-hybridized carbons (Fsp3) is 0.167. The summed E-state index contributed by atoms with van der Waals surface area (Å²) in [5.74, 6) is 0. The van der Waals surface area contributed by atoms with Gasteiger partial charge in [-0.2, -0.15) is 0 Å². The lowest BCUT2D eigenvalue weighted by molar-refractivity contribution is -0.385. The lowest BCUT2D eigenvalue weighted by atomic mass is 10.0. The van der Waals surface area contributed by atoms with E-state index >= 15 is 0 Å². The van der Waals surface area contributed by atoms with Gasteiger partial charge in [-0.15, -0.1) is 0 Å². The first kappa shape index (κ1) is 15.7. The highest BCUT2D eigenvalue weighted by Gasteiger charge is 2.21. The Morgan fingerprint density at radius 2 is 1.92 bits per heavy atom. The van der Waals surface area contributed by atoms with Crippen LogP contribution in [0.25, 0.3) is 28.0 Å². The number of hydrogen-bond acceptors (Lipinski definition) is 5. The fourth-order valence-corrected chi connectivity index (χ4v) is 2.68. The molecule has 24 heavy (non-hydrogen) atoms. The number of rotatable bonds is 3. The first-order chi connectivity index (χ1) is 11.4. The second kappa shape index (κ2) is 5.81. The Balaban J connectivity index is 2.46. The zero-order valence-corrected chi connectivity index (χ0v) is 13.6. The Kier molecular flexibility index (Phi) is 3.81. The van der Waals surface area contributed by atoms with Crippen molar-refractivity contribution in [1.82, 2.24) is 4.90 Å². The van der Waals surface area contributed by atoms with Crippen LogP contribution in [0.3, 0.4) is 0 Å². The van der Waals surface area contributed by atoms with Crippen LogP contribution in [0, 0.1) is 17.0 Å². The van der Waals surface area contributed by atoms with E-state index in [1.807, 2.05) is 14.1 Å². The van der Waals surface area contributed by atoms with Crippen molar-refractivity contribution < 1.29 is 9.34 Å². The molecule has 0 aliphatic heterocycles. The average Bonchev–Trinajstić information content (AvgIpc) is 2.54. The zero-order valence-electron chi connectivity index (χ0n) is 13.6. The number of benzene rings is 2. The first-order valence-corrected chi connectivity index (χ1v) is 7.38. The molecule has 0 unspecified atom stereocenters. The van der Waals surface area contributed by atoms with Crippen LogP contribution >= 0.6 is 0 Å². The molecule has 0 saturated carbocycles. The van der Waals surface area contributed by atoms with Gasteiger partial charge in [-0.25, -0.2) is 0 Å². The molecule has 0 spiro atoms. The third kappa shape index (κ3) is 2.52. The molecular weight excluding hydrogens is 308 g/mol. The average molecular weight is 324 g/mol. The maximum atomic E-state index is 12.7. The molecule has 0 N–H and O–H groups in total. The molecule has 2 aromatic carbocycles. The van der Waals surface area contributed by atoms with Crippen molar-refractivity contribution in [2.24, 2.45) is 0 Å². The van der Waals surface area contributed by atoms with Crippen molar-refractivity contribution in [3.05, 3.63) is 68.0 Å². The van der Waals surface area contributed by atoms with E-state index in [9.17, 15) is 14.9 Å². The minimum Gasteiger partial charge on any atom is -0.456 e. The second-order valence-electron chi connectivity index (χ2n) is 5.77. The standard InChI is InChI=1S/C18H16N2O4/c1-11-12(8-9-19(2)3)15(20(22)23)10-14-17(21)13-6-4-5-7-16(13)24-18(11)14/h4-10H,1-3H3/b9-8+. The van der Waals surface area contributed by atoms with E-state index in [0.29, 0.717) is 27.7 Å². The Bertz CT molecular complexity index is 1050. The second-order valence-corrected chi connectivity index (χ2v) is 5.77. The van der Waals surface area contributed by atoms with Crippen LogP contribution in [0.2, 0.25) is 0 Å². The summed E-state index contributed by atoms with van der Waals surface area (Å²) < 4.78 is 5.87. The van der Waals surface area contributed by atoms with E-state index in [0.717, 1.165) is 0 Å². The minimum atomic E-state index is -0.476. The van der Waals surface area contributed by atoms with Gasteiger partial charge in [-0.1, -0.05) is 12.1 Å². The third-order valence-electron chi connectivity index (χ3n) is 3.87. The molecule has 0 fully saturated rings. The summed E-state index contributed by atoms with van der Waals surface area (Å²) in [6.07, 6.45) is 3.38. The molecule has 6 nitrogen and oxygen atoms in total. The maximum Gasteiger partial charge on any atom is 0.277 e. The van der Waals surface area contributed by atoms with Crippen molar-refractivity contribution >= 4 is 33.7 Å². The lowest BCUT2D eigenvalue weighted by Gasteiger charge is -2.09. The molecule has 0 aliphatic rings. The highest BCUT2D eigenvalue weighted by atomic mass is 16.6. The zero-order chi connectivity index (χ0) is 17.4. The summed E-state index contributed by atoms with van der Waals surface area (Å²) >= 11 is 0. The van der Waals surface area contributed by atoms with Crippen LogP contribution in [0.15, 0.2) is 45.7 Å². The van der Waals surface area contributed by atoms with Crippen LogP contribution in [-0.4, -0.2) is 23.9 Å². The number of nitro groups is 1. The van der Waals surface area contributed by atoms with Crippen LogP contribution in [0.5, 0.6) is 0 Å². The lowest BCUT2D eigenvalue weighted by Crippen LogP contribution is -2.06. The van der Waals surface area contributed by atoms with Crippen molar-refractivity contribution in [2.45, 2.75) is 6.92 Å². The van der Waals surface area contributed by atoms with Crippen molar-refractivity contribution in [1.29, 1.82) is 0 Å². The number of aryl methyl sites for hydroxylation is 1. The van der Waals surface area contributed by atoms with Gasteiger partial charge in [0.15, 0.2) is 0 Å². The normalized spacial score (nSPS) is 11.5. The van der Waals surface area contributed by atoms with E-state index in [1.165, 1.54) is 6.07 Å². The van der Waals surface area contributed by atoms with Gasteiger partial charge in [0, 0.05) is 25.7 Å². The highest BCUT2D eigenvalue weighted by molar-refractivity contribution is 5.94. The smallest absolute Gasteiger partial charge is 0.277 e. The molecule has 122 valence electrons. The van der Waals surface area contributed by atoms with Crippen molar-refractivity contribution in [3.8, 4) is 0 Å². The monoisotopic (exact) mass is 324 g/mol. The quantitative estimate of drug-likeness (QED) is 0.417. The molecule has 0 atom stereocenters. The minimum absolute atomic E-state index is 0.110. The fourth-order valence-electron chi connectivity index (χ4n) is 2.68. The number of nitrogens with zero attached hydrogens (tertiary/aromatic N) is 2. The number of fused-ring (bicyclic) bond motifs is 2. The molecule has 1 aromatic heterocycles. The summed E-state index contributed by atoms with van der Waals surface area (Å²) in [6, 6.07) is 8.19. The molecule has 6 heteroatoms. The molecular formula is C18H16N2O4. The predicted molar refractivity (Wildman–Crippen MR) is 94.1 cm³/mol. The summed E-state index contributed by atoms with van der Waals surface area (Å²) in [4.78, 5) is 25.5. The van der Waals surface area contributed by atoms with Gasteiger partial charge in [0.25, 0.3) is 5.69 Å². The van der Waals surface area contributed by atoms with Gasteiger partial charge < -0.3 is 9.32 Å². The Labute approximate surface area is 137 Å². The molecule has 0 radical (unpaired) electrons. The highest BCUT2D eigenvalue weighted by Crippen LogP contribution is 2.32. The number of nitro benzene ring substituents is 1. The van der Waals surface area contributed by atoms with Gasteiger partial charge in [-0.05, 0) is 31.3 Å². The van der Waals surface area contributed by atoms with Crippen LogP contribution in [0.1, 0.15) is 11.1 Å². The van der Waals surface area contributed by atoms with Crippen LogP contribution in [-0.2, 0) is 0 Å². The maximum absolute atomic E-state index is 12.7. The van der Waals surface area contributed by atoms with Crippen LogP contribution in [0.4, 0.5) is 5.69 Å².